The topological polar surface area (TPSA) is 177 Å². The van der Waals surface area contributed by atoms with E-state index in [1.54, 1.807) is 4.90 Å². The standard InChI is InChI=1S/C35H59N5O7S/c1-7-8-13-23(27(41)30(43)36-21-15-16-21)37-29(42)26-25-22(34(25,5)6)20-40(26)31(44)28(33(2,3)4)38-32(45)39-35(17-10-9-11-18-35)24-14-12-19-48(24,46)47/h21-26,28,46-47H,7-20H2,1-6H3,(H,36,43)(H,37,42)(H2,38,39,45)/t22?,23-,24+,25?,26?,28+/m0/s1. The van der Waals surface area contributed by atoms with Crippen LogP contribution in [0.2, 0.25) is 0 Å². The molecule has 13 heteroatoms. The summed E-state index contributed by atoms with van der Waals surface area (Å²) >= 11 is 0. The summed E-state index contributed by atoms with van der Waals surface area (Å²) in [6.07, 6.45) is 8.87. The molecule has 0 radical (unpaired) electrons. The Hall–Kier alpha value is -2.38. The molecular formula is C35H59N5O7S. The van der Waals surface area contributed by atoms with Gasteiger partial charge in [0.05, 0.1) is 16.8 Å². The van der Waals surface area contributed by atoms with E-state index in [2.05, 4.69) is 35.1 Å². The first-order valence-electron chi connectivity index (χ1n) is 18.2. The van der Waals surface area contributed by atoms with Gasteiger partial charge in [0, 0.05) is 18.3 Å². The van der Waals surface area contributed by atoms with Gasteiger partial charge in [-0.3, -0.25) is 28.3 Å². The first kappa shape index (κ1) is 36.9. The minimum Gasteiger partial charge on any atom is -0.347 e. The lowest BCUT2D eigenvalue weighted by Gasteiger charge is -2.49. The second-order valence-electron chi connectivity index (χ2n) is 16.9. The first-order chi connectivity index (χ1) is 22.4. The molecule has 0 aromatic carbocycles. The molecule has 12 nitrogen and oxygen atoms in total. The fourth-order valence-electron chi connectivity index (χ4n) is 8.76. The Labute approximate surface area is 287 Å². The Bertz CT molecular complexity index is 1270. The largest absolute Gasteiger partial charge is 0.347 e. The number of hydrogen-bond acceptors (Lipinski definition) is 7. The zero-order chi connectivity index (χ0) is 35.2. The molecule has 3 unspecified atom stereocenters. The highest BCUT2D eigenvalue weighted by atomic mass is 32.3. The number of nitrogens with zero attached hydrogens (tertiary/aromatic N) is 1. The normalized spacial score (nSPS) is 30.3. The third kappa shape index (κ3) is 7.52. The number of urea groups is 1. The maximum atomic E-state index is 14.5. The van der Waals surface area contributed by atoms with E-state index in [1.165, 1.54) is 0 Å². The average molecular weight is 694 g/mol. The Balaban J connectivity index is 1.34. The van der Waals surface area contributed by atoms with Gasteiger partial charge in [-0.2, -0.15) is 10.6 Å². The zero-order valence-corrected chi connectivity index (χ0v) is 30.5. The number of carbonyl (C=O) groups excluding carboxylic acids is 5. The van der Waals surface area contributed by atoms with Gasteiger partial charge >= 0.3 is 6.03 Å². The maximum Gasteiger partial charge on any atom is 0.315 e. The van der Waals surface area contributed by atoms with E-state index in [0.717, 1.165) is 38.5 Å². The first-order valence-corrected chi connectivity index (χ1v) is 20.0. The van der Waals surface area contributed by atoms with Crippen molar-refractivity contribution in [3.63, 3.8) is 0 Å². The second kappa shape index (κ2) is 13.7. The van der Waals surface area contributed by atoms with Crippen LogP contribution in [-0.4, -0.2) is 90.8 Å². The molecule has 48 heavy (non-hydrogen) atoms. The van der Waals surface area contributed by atoms with Crippen LogP contribution in [0, 0.1) is 22.7 Å². The van der Waals surface area contributed by atoms with Gasteiger partial charge in [-0.25, -0.2) is 4.79 Å². The summed E-state index contributed by atoms with van der Waals surface area (Å²) in [4.78, 5) is 69.8. The van der Waals surface area contributed by atoms with Gasteiger partial charge in [-0.05, 0) is 67.6 Å². The molecule has 2 heterocycles. The van der Waals surface area contributed by atoms with E-state index in [-0.39, 0.29) is 29.2 Å². The predicted molar refractivity (Wildman–Crippen MR) is 185 cm³/mol. The van der Waals surface area contributed by atoms with E-state index in [9.17, 15) is 33.1 Å². The lowest BCUT2D eigenvalue weighted by molar-refractivity contribution is -0.145. The van der Waals surface area contributed by atoms with Crippen LogP contribution in [0.15, 0.2) is 0 Å². The minimum absolute atomic E-state index is 0.0150. The number of piperidine rings is 1. The predicted octanol–water partition coefficient (Wildman–Crippen LogP) is 4.32. The van der Waals surface area contributed by atoms with Crippen molar-refractivity contribution < 1.29 is 33.1 Å². The fourth-order valence-corrected chi connectivity index (χ4v) is 11.2. The van der Waals surface area contributed by atoms with E-state index < -0.39 is 68.5 Å². The third-order valence-electron chi connectivity index (χ3n) is 11.9. The summed E-state index contributed by atoms with van der Waals surface area (Å²) < 4.78 is 21.8. The second-order valence-corrected chi connectivity index (χ2v) is 19.3. The molecule has 0 bridgehead atoms. The molecule has 0 aromatic rings. The van der Waals surface area contributed by atoms with E-state index in [1.807, 2.05) is 27.7 Å². The molecule has 6 N–H and O–H groups in total. The highest BCUT2D eigenvalue weighted by Gasteiger charge is 2.70. The van der Waals surface area contributed by atoms with Gasteiger partial charge < -0.3 is 26.2 Å². The molecule has 0 spiro atoms. The monoisotopic (exact) mass is 693 g/mol. The molecule has 3 saturated carbocycles. The number of likely N-dealkylation sites (tertiary alicyclic amines) is 1. The Morgan fingerprint density at radius 3 is 2.19 bits per heavy atom. The van der Waals surface area contributed by atoms with Gasteiger partial charge in [-0.15, -0.1) is 0 Å². The quantitative estimate of drug-likeness (QED) is 0.165. The van der Waals surface area contributed by atoms with E-state index >= 15 is 0 Å². The molecule has 0 aromatic heterocycles. The average Bonchev–Trinajstić information content (AvgIpc) is 3.79. The van der Waals surface area contributed by atoms with E-state index in [4.69, 9.17) is 0 Å². The number of unbranched alkanes of at least 4 members (excludes halogenated alkanes) is 1. The van der Waals surface area contributed by atoms with Crippen LogP contribution in [-0.2, 0) is 19.2 Å². The van der Waals surface area contributed by atoms with Gasteiger partial charge in [0.2, 0.25) is 17.6 Å². The van der Waals surface area contributed by atoms with Gasteiger partial charge in [-0.1, -0.05) is 73.6 Å². The molecule has 2 saturated heterocycles. The Kier molecular flexibility index (Phi) is 10.6. The summed E-state index contributed by atoms with van der Waals surface area (Å²) in [5, 5.41) is 11.3. The highest BCUT2D eigenvalue weighted by Crippen LogP contribution is 2.65. The van der Waals surface area contributed by atoms with Crippen LogP contribution in [0.4, 0.5) is 4.79 Å². The molecule has 5 rings (SSSR count). The Morgan fingerprint density at radius 2 is 1.62 bits per heavy atom. The van der Waals surface area contributed by atoms with Gasteiger partial charge in [0.25, 0.3) is 5.91 Å². The van der Waals surface area contributed by atoms with Crippen LogP contribution < -0.4 is 21.3 Å². The molecule has 6 atom stereocenters. The highest BCUT2D eigenvalue weighted by molar-refractivity contribution is 8.25. The lowest BCUT2D eigenvalue weighted by atomic mass is 9.78. The summed E-state index contributed by atoms with van der Waals surface area (Å²) in [6, 6.07) is -3.30. The summed E-state index contributed by atoms with van der Waals surface area (Å²) in [5.41, 5.74) is -1.64. The van der Waals surface area contributed by atoms with Crippen molar-refractivity contribution in [2.75, 3.05) is 12.3 Å². The zero-order valence-electron chi connectivity index (χ0n) is 29.7. The molecule has 3 aliphatic carbocycles. The molecular weight excluding hydrogens is 634 g/mol. The minimum atomic E-state index is -2.85. The summed E-state index contributed by atoms with van der Waals surface area (Å²) in [7, 11) is -2.85. The fraction of sp³-hybridized carbons (Fsp3) is 0.857. The maximum absolute atomic E-state index is 14.5. The number of nitrogens with one attached hydrogen (secondary N) is 4. The van der Waals surface area contributed by atoms with Crippen molar-refractivity contribution in [1.29, 1.82) is 0 Å². The van der Waals surface area contributed by atoms with Crippen molar-refractivity contribution in [2.24, 2.45) is 22.7 Å². The molecule has 5 aliphatic rings. The van der Waals surface area contributed by atoms with Gasteiger partial charge in [0.1, 0.15) is 12.1 Å². The van der Waals surface area contributed by atoms with Gasteiger partial charge in [0.15, 0.2) is 0 Å². The number of ketones is 1. The molecule has 5 fully saturated rings. The Morgan fingerprint density at radius 1 is 0.958 bits per heavy atom. The van der Waals surface area contributed by atoms with Crippen LogP contribution in [0.1, 0.15) is 119 Å². The smallest absolute Gasteiger partial charge is 0.315 e. The number of rotatable bonds is 12. The van der Waals surface area contributed by atoms with E-state index in [0.29, 0.717) is 50.8 Å². The number of hydrogen-bond donors (Lipinski definition) is 6. The van der Waals surface area contributed by atoms with Crippen molar-refractivity contribution in [3.8, 4) is 0 Å². The van der Waals surface area contributed by atoms with Crippen LogP contribution in [0.5, 0.6) is 0 Å². The SMILES string of the molecule is CCCC[C@H](NC(=O)C1C2C(CN1C(=O)[C@@H](NC(=O)NC1([C@H]3CCCS3(O)O)CCCCC1)C(C)(C)C)C2(C)C)C(=O)C(=O)NC1CC1. The summed E-state index contributed by atoms with van der Waals surface area (Å²) in [6.45, 7) is 12.1. The van der Waals surface area contributed by atoms with Crippen LogP contribution >= 0.6 is 10.6 Å². The third-order valence-corrected chi connectivity index (χ3v) is 14.3. The lowest BCUT2D eigenvalue weighted by Crippen LogP contribution is -2.65. The van der Waals surface area contributed by atoms with Crippen molar-refractivity contribution in [1.82, 2.24) is 26.2 Å². The molecule has 2 aliphatic heterocycles. The number of amides is 5. The summed E-state index contributed by atoms with van der Waals surface area (Å²) in [5.74, 6) is -1.83. The van der Waals surface area contributed by atoms with Crippen LogP contribution in [0.25, 0.3) is 0 Å². The number of carbonyl (C=O) groups is 5. The number of fused-ring (bicyclic) bond motifs is 1. The van der Waals surface area contributed by atoms with Crippen molar-refractivity contribution >= 4 is 40.1 Å². The molecule has 5 amide bonds. The van der Waals surface area contributed by atoms with Crippen LogP contribution in [0.3, 0.4) is 0 Å². The molecule has 272 valence electrons. The van der Waals surface area contributed by atoms with Crippen molar-refractivity contribution in [2.45, 2.75) is 154 Å². The number of Topliss-reactive ketones (excluding diaryl/α,β-unsaturated/α-hetero) is 1. The van der Waals surface area contributed by atoms with Crippen molar-refractivity contribution in [3.05, 3.63) is 0 Å².